The van der Waals surface area contributed by atoms with Gasteiger partial charge in [0, 0.05) is 56.3 Å². The van der Waals surface area contributed by atoms with E-state index in [1.807, 2.05) is 0 Å². The molecule has 3 N–H and O–H groups in total. The van der Waals surface area contributed by atoms with Gasteiger partial charge in [0.1, 0.15) is 17.6 Å². The second-order valence-electron chi connectivity index (χ2n) is 17.3. The lowest BCUT2D eigenvalue weighted by atomic mass is 9.57. The number of hydrogen-bond donors (Lipinski definition) is 3. The number of benzene rings is 3. The quantitative estimate of drug-likeness (QED) is 0.164. The summed E-state index contributed by atoms with van der Waals surface area (Å²) < 4.78 is 80.7. The molecule has 2 amide bonds. The highest BCUT2D eigenvalue weighted by Crippen LogP contribution is 2.57. The molecule has 318 valence electrons. The van der Waals surface area contributed by atoms with Crippen molar-refractivity contribution in [1.29, 1.82) is 0 Å². The maximum atomic E-state index is 15.4. The van der Waals surface area contributed by atoms with Gasteiger partial charge in [-0.3, -0.25) is 29.0 Å². The number of anilines is 3. The molecule has 2 aliphatic carbocycles. The summed E-state index contributed by atoms with van der Waals surface area (Å²) in [6, 6.07) is 11.1. The summed E-state index contributed by atoms with van der Waals surface area (Å²) >= 11 is 0. The van der Waals surface area contributed by atoms with Crippen molar-refractivity contribution in [2.24, 2.45) is 10.8 Å². The van der Waals surface area contributed by atoms with Gasteiger partial charge in [0.15, 0.2) is 11.6 Å². The van der Waals surface area contributed by atoms with Crippen molar-refractivity contribution in [2.75, 3.05) is 54.7 Å². The number of aromatic nitrogens is 2. The average molecular weight is 849 g/mol. The van der Waals surface area contributed by atoms with E-state index in [0.717, 1.165) is 81.1 Å². The van der Waals surface area contributed by atoms with Crippen LogP contribution >= 0.6 is 0 Å². The first-order valence-electron chi connectivity index (χ1n) is 20.4. The van der Waals surface area contributed by atoms with E-state index in [-0.39, 0.29) is 58.3 Å². The molecule has 2 saturated carbocycles. The summed E-state index contributed by atoms with van der Waals surface area (Å²) in [4.78, 5) is 46.5. The van der Waals surface area contributed by atoms with Gasteiger partial charge in [-0.15, -0.1) is 0 Å². The molecule has 5 fully saturated rings. The van der Waals surface area contributed by atoms with Crippen LogP contribution in [0.1, 0.15) is 64.3 Å². The Balaban J connectivity index is 0.771. The minimum absolute atomic E-state index is 0.00475. The monoisotopic (exact) mass is 848 g/mol. The van der Waals surface area contributed by atoms with E-state index in [4.69, 9.17) is 4.74 Å². The van der Waals surface area contributed by atoms with Crippen LogP contribution in [0.2, 0.25) is 0 Å². The molecular weight excluding hydrogens is 802 g/mol. The highest BCUT2D eigenvalue weighted by Gasteiger charge is 2.55. The number of carbonyl (C=O) groups is 2. The molecule has 3 aromatic carbocycles. The lowest BCUT2D eigenvalue weighted by Crippen LogP contribution is -2.67. The molecular formula is C42H47F3N8O6S. The normalized spacial score (nSPS) is 22.7. The molecule has 0 radical (unpaired) electrons. The Morgan fingerprint density at radius 1 is 0.933 bits per heavy atom. The molecule has 14 nitrogen and oxygen atoms in total. The van der Waals surface area contributed by atoms with E-state index in [1.54, 1.807) is 36.0 Å². The van der Waals surface area contributed by atoms with E-state index in [9.17, 15) is 27.2 Å². The molecule has 2 spiro atoms. The van der Waals surface area contributed by atoms with Crippen molar-refractivity contribution in [3.8, 4) is 11.5 Å². The second-order valence-corrected chi connectivity index (χ2v) is 19.1. The van der Waals surface area contributed by atoms with Crippen molar-refractivity contribution in [3.05, 3.63) is 82.7 Å². The van der Waals surface area contributed by atoms with Gasteiger partial charge in [-0.2, -0.15) is 12.7 Å². The number of ether oxygens (including phenoxy) is 1. The molecule has 3 aliphatic heterocycles. The number of rotatable bonds is 11. The fourth-order valence-electron chi connectivity index (χ4n) is 9.83. The number of nitrogens with zero attached hydrogens (tertiary/aromatic N) is 5. The molecule has 5 aliphatic rings. The van der Waals surface area contributed by atoms with Crippen molar-refractivity contribution < 1.29 is 35.9 Å². The number of piperidine rings is 2. The van der Waals surface area contributed by atoms with Gasteiger partial charge in [-0.25, -0.2) is 18.2 Å². The predicted octanol–water partition coefficient (Wildman–Crippen LogP) is 5.52. The SMILES string of the molecule is CCN(C)S(=O)(=O)Nc1ccc(F)c(Oc2ccc3ncn(C4CC5(CCN(C6CC7(C6)CN(c6ccc(NC8CCC(=O)NC8=O)cc6F)C7)CC5)C4)c(=O)c3c2)c1F. The van der Waals surface area contributed by atoms with Gasteiger partial charge in [0.05, 0.1) is 28.6 Å². The summed E-state index contributed by atoms with van der Waals surface area (Å²) in [7, 11) is -2.76. The average Bonchev–Trinajstić information content (AvgIpc) is 3.17. The van der Waals surface area contributed by atoms with Crippen molar-refractivity contribution >= 4 is 50.0 Å². The molecule has 9 rings (SSSR count). The van der Waals surface area contributed by atoms with E-state index >= 15 is 8.78 Å². The van der Waals surface area contributed by atoms with Gasteiger partial charge in [0.25, 0.3) is 5.56 Å². The number of imide groups is 1. The number of amides is 2. The van der Waals surface area contributed by atoms with Gasteiger partial charge in [-0.05, 0) is 112 Å². The lowest BCUT2D eigenvalue weighted by molar-refractivity contribution is -0.133. The van der Waals surface area contributed by atoms with Gasteiger partial charge >= 0.3 is 10.2 Å². The highest BCUT2D eigenvalue weighted by atomic mass is 32.2. The van der Waals surface area contributed by atoms with Gasteiger partial charge in [-0.1, -0.05) is 6.92 Å². The first-order valence-corrected chi connectivity index (χ1v) is 21.9. The van der Waals surface area contributed by atoms with Crippen LogP contribution in [0.4, 0.5) is 30.2 Å². The molecule has 0 bridgehead atoms. The minimum atomic E-state index is -4.08. The molecule has 4 heterocycles. The van der Waals surface area contributed by atoms with Gasteiger partial charge in [0.2, 0.25) is 17.6 Å². The number of carbonyl (C=O) groups excluding carboxylic acids is 2. The number of fused-ring (bicyclic) bond motifs is 1. The summed E-state index contributed by atoms with van der Waals surface area (Å²) in [5.41, 5.74) is 1.07. The van der Waals surface area contributed by atoms with Crippen LogP contribution in [0, 0.1) is 28.3 Å². The third kappa shape index (κ3) is 7.35. The van der Waals surface area contributed by atoms with E-state index in [0.29, 0.717) is 29.4 Å². The van der Waals surface area contributed by atoms with Crippen LogP contribution in [0.25, 0.3) is 10.9 Å². The van der Waals surface area contributed by atoms with Crippen LogP contribution < -0.4 is 30.6 Å². The fraction of sp³-hybridized carbons (Fsp3) is 0.476. The van der Waals surface area contributed by atoms with Crippen LogP contribution in [0.15, 0.2) is 59.7 Å². The highest BCUT2D eigenvalue weighted by molar-refractivity contribution is 7.90. The molecule has 18 heteroatoms. The number of halogens is 3. The van der Waals surface area contributed by atoms with Crippen molar-refractivity contribution in [1.82, 2.24) is 24.1 Å². The fourth-order valence-corrected chi connectivity index (χ4v) is 10.8. The first-order chi connectivity index (χ1) is 28.6. The van der Waals surface area contributed by atoms with E-state index in [1.165, 1.54) is 25.2 Å². The Morgan fingerprint density at radius 3 is 2.37 bits per heavy atom. The lowest BCUT2D eigenvalue weighted by Gasteiger charge is -2.63. The third-order valence-corrected chi connectivity index (χ3v) is 15.0. The summed E-state index contributed by atoms with van der Waals surface area (Å²) in [5.74, 6) is -4.11. The van der Waals surface area contributed by atoms with Crippen molar-refractivity contribution in [2.45, 2.75) is 76.4 Å². The largest absolute Gasteiger partial charge is 0.451 e. The van der Waals surface area contributed by atoms with Crippen LogP contribution in [0.3, 0.4) is 0 Å². The molecule has 4 aromatic rings. The Hall–Kier alpha value is -5.20. The maximum absolute atomic E-state index is 15.4. The van der Waals surface area contributed by atoms with Crippen LogP contribution in [-0.4, -0.2) is 90.8 Å². The number of nitrogens with one attached hydrogen (secondary N) is 3. The van der Waals surface area contributed by atoms with Gasteiger partial charge < -0.3 is 19.9 Å². The number of hydrogen-bond acceptors (Lipinski definition) is 10. The summed E-state index contributed by atoms with van der Waals surface area (Å²) in [5, 5.41) is 5.60. The molecule has 1 aromatic heterocycles. The topological polar surface area (TPSA) is 158 Å². The smallest absolute Gasteiger partial charge is 0.301 e. The third-order valence-electron chi connectivity index (χ3n) is 13.5. The Bertz CT molecular complexity index is 2540. The zero-order valence-corrected chi connectivity index (χ0v) is 34.2. The summed E-state index contributed by atoms with van der Waals surface area (Å²) in [6.07, 6.45) is 8.14. The number of likely N-dealkylation sites (tertiary alicyclic amines) is 1. The standard InChI is InChI=1S/C42H47F3N8O6S/c1-3-50(2)60(57,58)49-33-8-6-30(43)38(37(33)45)59-28-5-7-32-29(17-28)40(56)53(24-46-32)27-20-41(21-27)12-14-51(15-13-41)26-18-42(19-26)22-52(23-42)35-10-4-25(16-31(35)44)47-34-9-11-36(54)48-39(34)55/h4-8,10,16-17,24,26-27,34,47,49H,3,9,11-15,18-23H2,1-2H3,(H,48,54,55). The van der Waals surface area contributed by atoms with Crippen LogP contribution in [0.5, 0.6) is 11.5 Å². The Kier molecular flexibility index (Phi) is 10.1. The van der Waals surface area contributed by atoms with Crippen molar-refractivity contribution in [3.63, 3.8) is 0 Å². The minimum Gasteiger partial charge on any atom is -0.451 e. The van der Waals surface area contributed by atoms with E-state index < -0.39 is 45.2 Å². The Labute approximate surface area is 345 Å². The summed E-state index contributed by atoms with van der Waals surface area (Å²) in [6.45, 7) is 5.35. The molecule has 1 unspecified atom stereocenters. The predicted molar refractivity (Wildman–Crippen MR) is 219 cm³/mol. The molecule has 60 heavy (non-hydrogen) atoms. The zero-order chi connectivity index (χ0) is 42.1. The maximum Gasteiger partial charge on any atom is 0.301 e. The zero-order valence-electron chi connectivity index (χ0n) is 33.3. The molecule has 3 saturated heterocycles. The van der Waals surface area contributed by atoms with Crippen LogP contribution in [-0.2, 0) is 19.8 Å². The molecule has 1 atom stereocenters. The van der Waals surface area contributed by atoms with E-state index in [2.05, 4.69) is 30.1 Å². The Morgan fingerprint density at radius 2 is 1.67 bits per heavy atom. The first kappa shape index (κ1) is 40.2. The second kappa shape index (κ2) is 15.1.